The van der Waals surface area contributed by atoms with Crippen LogP contribution in [0.2, 0.25) is 0 Å². The first-order chi connectivity index (χ1) is 9.40. The second kappa shape index (κ2) is 5.58. The normalized spacial score (nSPS) is 11.2. The Kier molecular flexibility index (Phi) is 4.04. The van der Waals surface area contributed by atoms with Crippen LogP contribution in [0.4, 0.5) is 5.82 Å². The van der Waals surface area contributed by atoms with E-state index < -0.39 is 0 Å². The zero-order valence-electron chi connectivity index (χ0n) is 12.0. The predicted molar refractivity (Wildman–Crippen MR) is 81.0 cm³/mol. The van der Waals surface area contributed by atoms with E-state index in [1.807, 2.05) is 25.3 Å². The number of nitrogens with zero attached hydrogens (tertiary/aromatic N) is 3. The minimum atomic E-state index is -0.297. The summed E-state index contributed by atoms with van der Waals surface area (Å²) in [6.45, 7) is 4.10. The molecule has 1 N–H and O–H groups in total. The van der Waals surface area contributed by atoms with Crippen molar-refractivity contribution in [2.45, 2.75) is 19.4 Å². The number of carbonyl (C=O) groups excluding carboxylic acids is 1. The van der Waals surface area contributed by atoms with Gasteiger partial charge in [0.1, 0.15) is 10.8 Å². The van der Waals surface area contributed by atoms with Gasteiger partial charge in [-0.2, -0.15) is 0 Å². The van der Waals surface area contributed by atoms with E-state index in [2.05, 4.69) is 15.3 Å². The summed E-state index contributed by atoms with van der Waals surface area (Å²) in [6, 6.07) is 3.59. The molecule has 2 aromatic heterocycles. The van der Waals surface area contributed by atoms with Crippen LogP contribution >= 0.6 is 11.3 Å². The highest BCUT2D eigenvalue weighted by Crippen LogP contribution is 2.26. The van der Waals surface area contributed by atoms with Crippen LogP contribution < -0.4 is 5.32 Å². The molecule has 0 aliphatic rings. The van der Waals surface area contributed by atoms with E-state index in [0.29, 0.717) is 5.56 Å². The molecular weight excluding hydrogens is 272 g/mol. The summed E-state index contributed by atoms with van der Waals surface area (Å²) in [5, 5.41) is 6.27. The van der Waals surface area contributed by atoms with Gasteiger partial charge in [0.15, 0.2) is 0 Å². The minimum Gasteiger partial charge on any atom is -0.359 e. The Labute approximate surface area is 122 Å². The summed E-state index contributed by atoms with van der Waals surface area (Å²) in [6.07, 6.45) is 3.37. The molecule has 2 rings (SSSR count). The largest absolute Gasteiger partial charge is 0.359 e. The molecule has 0 atom stereocenters. The number of carbonyl (C=O) groups is 1. The second-order valence-corrected chi connectivity index (χ2v) is 6.11. The predicted octanol–water partition coefficient (Wildman–Crippen LogP) is 2.59. The smallest absolute Gasteiger partial charge is 0.254 e. The number of hydrogen-bond acceptors (Lipinski definition) is 5. The van der Waals surface area contributed by atoms with Crippen LogP contribution in [0.15, 0.2) is 29.9 Å². The maximum Gasteiger partial charge on any atom is 0.254 e. The molecule has 0 saturated heterocycles. The molecule has 0 radical (unpaired) electrons. The summed E-state index contributed by atoms with van der Waals surface area (Å²) < 4.78 is 0. The molecular formula is C14H18N4OS. The van der Waals surface area contributed by atoms with Gasteiger partial charge >= 0.3 is 0 Å². The number of amides is 1. The first kappa shape index (κ1) is 14.5. The maximum absolute atomic E-state index is 11.8. The molecule has 1 amide bonds. The average Bonchev–Trinajstić information content (AvgIpc) is 2.93. The topological polar surface area (TPSA) is 58.1 Å². The van der Waals surface area contributed by atoms with Gasteiger partial charge in [0.05, 0.1) is 11.1 Å². The zero-order valence-corrected chi connectivity index (χ0v) is 12.9. The Morgan fingerprint density at radius 1 is 1.30 bits per heavy atom. The van der Waals surface area contributed by atoms with E-state index in [1.165, 1.54) is 4.90 Å². The third kappa shape index (κ3) is 3.14. The second-order valence-electron chi connectivity index (χ2n) is 5.22. The van der Waals surface area contributed by atoms with Gasteiger partial charge < -0.3 is 10.2 Å². The van der Waals surface area contributed by atoms with Crippen LogP contribution in [0.3, 0.4) is 0 Å². The van der Waals surface area contributed by atoms with Gasteiger partial charge in [-0.25, -0.2) is 9.97 Å². The molecule has 0 bridgehead atoms. The van der Waals surface area contributed by atoms with Crippen LogP contribution in [0.25, 0.3) is 0 Å². The monoisotopic (exact) mass is 290 g/mol. The molecule has 2 heterocycles. The van der Waals surface area contributed by atoms with Crippen LogP contribution in [0.1, 0.15) is 29.2 Å². The van der Waals surface area contributed by atoms with Gasteiger partial charge in [-0.15, -0.1) is 11.3 Å². The van der Waals surface area contributed by atoms with Crippen molar-refractivity contribution in [1.29, 1.82) is 0 Å². The molecule has 0 unspecified atom stereocenters. The molecule has 0 aliphatic heterocycles. The highest BCUT2D eigenvalue weighted by atomic mass is 32.1. The van der Waals surface area contributed by atoms with E-state index in [-0.39, 0.29) is 11.4 Å². The lowest BCUT2D eigenvalue weighted by atomic mass is 10.1. The molecule has 0 spiro atoms. The molecule has 20 heavy (non-hydrogen) atoms. The van der Waals surface area contributed by atoms with Gasteiger partial charge in [-0.3, -0.25) is 4.79 Å². The van der Waals surface area contributed by atoms with E-state index in [0.717, 1.165) is 10.8 Å². The Balaban J connectivity index is 2.13. The summed E-state index contributed by atoms with van der Waals surface area (Å²) in [4.78, 5) is 21.9. The maximum atomic E-state index is 11.8. The zero-order chi connectivity index (χ0) is 14.8. The Morgan fingerprint density at radius 2 is 2.05 bits per heavy atom. The van der Waals surface area contributed by atoms with Crippen molar-refractivity contribution in [3.05, 3.63) is 40.5 Å². The van der Waals surface area contributed by atoms with Crippen molar-refractivity contribution in [3.63, 3.8) is 0 Å². The molecule has 0 fully saturated rings. The highest BCUT2D eigenvalue weighted by molar-refractivity contribution is 7.09. The first-order valence-electron chi connectivity index (χ1n) is 6.26. The van der Waals surface area contributed by atoms with Crippen LogP contribution in [-0.2, 0) is 5.54 Å². The number of rotatable bonds is 4. The van der Waals surface area contributed by atoms with Gasteiger partial charge in [-0.05, 0) is 26.0 Å². The quantitative estimate of drug-likeness (QED) is 0.940. The number of hydrogen-bond donors (Lipinski definition) is 1. The standard InChI is InChI=1S/C14H18N4OS/c1-14(2,13-15-7-8-20-13)17-11-6-5-10(9-16-11)12(19)18(3)4/h5-9H,1-4H3,(H,16,17). The summed E-state index contributed by atoms with van der Waals surface area (Å²) >= 11 is 1.60. The fourth-order valence-corrected chi connectivity index (χ4v) is 2.48. The Hall–Kier alpha value is -1.95. The van der Waals surface area contributed by atoms with Crippen LogP contribution in [-0.4, -0.2) is 34.9 Å². The Bertz CT molecular complexity index is 576. The third-order valence-electron chi connectivity index (χ3n) is 2.82. The molecule has 0 saturated carbocycles. The van der Waals surface area contributed by atoms with E-state index in [1.54, 1.807) is 43.9 Å². The van der Waals surface area contributed by atoms with E-state index in [9.17, 15) is 4.79 Å². The Morgan fingerprint density at radius 3 is 2.55 bits per heavy atom. The van der Waals surface area contributed by atoms with Crippen molar-refractivity contribution in [3.8, 4) is 0 Å². The highest BCUT2D eigenvalue weighted by Gasteiger charge is 2.23. The molecule has 6 heteroatoms. The fraction of sp³-hybridized carbons (Fsp3) is 0.357. The van der Waals surface area contributed by atoms with E-state index in [4.69, 9.17) is 0 Å². The molecule has 106 valence electrons. The van der Waals surface area contributed by atoms with Crippen molar-refractivity contribution >= 4 is 23.1 Å². The van der Waals surface area contributed by atoms with Gasteiger partial charge in [0, 0.05) is 31.9 Å². The number of anilines is 1. The SMILES string of the molecule is CN(C)C(=O)c1ccc(NC(C)(C)c2nccs2)nc1. The summed E-state index contributed by atoms with van der Waals surface area (Å²) in [5.74, 6) is 0.670. The average molecular weight is 290 g/mol. The molecule has 0 aliphatic carbocycles. The fourth-order valence-electron chi connectivity index (χ4n) is 1.76. The lowest BCUT2D eigenvalue weighted by molar-refractivity contribution is 0.0827. The lowest BCUT2D eigenvalue weighted by Gasteiger charge is -2.24. The van der Waals surface area contributed by atoms with Crippen molar-refractivity contribution in [1.82, 2.24) is 14.9 Å². The summed E-state index contributed by atoms with van der Waals surface area (Å²) in [5.41, 5.74) is 0.279. The van der Waals surface area contributed by atoms with Gasteiger partial charge in [-0.1, -0.05) is 0 Å². The van der Waals surface area contributed by atoms with Crippen molar-refractivity contribution in [2.75, 3.05) is 19.4 Å². The number of aromatic nitrogens is 2. The summed E-state index contributed by atoms with van der Waals surface area (Å²) in [7, 11) is 3.44. The van der Waals surface area contributed by atoms with Crippen LogP contribution in [0, 0.1) is 0 Å². The van der Waals surface area contributed by atoms with Crippen molar-refractivity contribution < 1.29 is 4.79 Å². The minimum absolute atomic E-state index is 0.0526. The number of nitrogens with one attached hydrogen (secondary N) is 1. The van der Waals surface area contributed by atoms with Gasteiger partial charge in [0.25, 0.3) is 5.91 Å². The van der Waals surface area contributed by atoms with Crippen molar-refractivity contribution in [2.24, 2.45) is 0 Å². The molecule has 5 nitrogen and oxygen atoms in total. The van der Waals surface area contributed by atoms with Gasteiger partial charge in [0.2, 0.25) is 0 Å². The first-order valence-corrected chi connectivity index (χ1v) is 7.14. The van der Waals surface area contributed by atoms with E-state index >= 15 is 0 Å². The lowest BCUT2D eigenvalue weighted by Crippen LogP contribution is -2.28. The van der Waals surface area contributed by atoms with Crippen LogP contribution in [0.5, 0.6) is 0 Å². The molecule has 2 aromatic rings. The number of pyridine rings is 1. The number of thiazole rings is 1. The molecule has 0 aromatic carbocycles. The third-order valence-corrected chi connectivity index (χ3v) is 3.92.